The first-order chi connectivity index (χ1) is 14.7. The second-order valence-electron chi connectivity index (χ2n) is 9.17. The summed E-state index contributed by atoms with van der Waals surface area (Å²) in [5.74, 6) is 1.69. The lowest BCUT2D eigenvalue weighted by molar-refractivity contribution is -0.139. The number of hydrogen-bond acceptors (Lipinski definition) is 4. The lowest BCUT2D eigenvalue weighted by Gasteiger charge is -2.38. The highest BCUT2D eigenvalue weighted by molar-refractivity contribution is 14.0. The highest BCUT2D eigenvalue weighted by Gasteiger charge is 2.31. The van der Waals surface area contributed by atoms with E-state index >= 15 is 0 Å². The van der Waals surface area contributed by atoms with Gasteiger partial charge in [-0.15, -0.1) is 24.0 Å². The summed E-state index contributed by atoms with van der Waals surface area (Å²) >= 11 is 0. The molecule has 8 heteroatoms. The van der Waals surface area contributed by atoms with E-state index in [0.29, 0.717) is 17.9 Å². The van der Waals surface area contributed by atoms with Crippen LogP contribution in [0.3, 0.4) is 0 Å². The molecule has 7 nitrogen and oxygen atoms in total. The van der Waals surface area contributed by atoms with Crippen LogP contribution in [0.25, 0.3) is 0 Å². The van der Waals surface area contributed by atoms with Gasteiger partial charge < -0.3 is 20.4 Å². The standard InChI is InChI=1S/C23H44N6O.HI/c1-3-5-12-27-13-9-21(10-14-27)26-23(24-4-2)25-11-15-28-16-18-29(19-17-28)22(30)20-7-6-8-20;/h20-21H,3-19H2,1-2H3,(H2,24,25,26);1H. The molecule has 0 aromatic rings. The molecule has 3 rings (SSSR count). The fourth-order valence-electron chi connectivity index (χ4n) is 4.60. The minimum Gasteiger partial charge on any atom is -0.357 e. The van der Waals surface area contributed by atoms with E-state index in [4.69, 9.17) is 4.99 Å². The summed E-state index contributed by atoms with van der Waals surface area (Å²) < 4.78 is 0. The van der Waals surface area contributed by atoms with Crippen molar-refractivity contribution in [1.29, 1.82) is 0 Å². The summed E-state index contributed by atoms with van der Waals surface area (Å²) in [6, 6.07) is 0.529. The highest BCUT2D eigenvalue weighted by atomic mass is 127. The molecular formula is C23H45IN6O. The van der Waals surface area contributed by atoms with Crippen molar-refractivity contribution < 1.29 is 4.79 Å². The quantitative estimate of drug-likeness (QED) is 0.263. The van der Waals surface area contributed by atoms with Crippen molar-refractivity contribution in [1.82, 2.24) is 25.3 Å². The molecule has 2 saturated heterocycles. The molecule has 2 heterocycles. The number of hydrogen-bond donors (Lipinski definition) is 2. The minimum absolute atomic E-state index is 0. The number of likely N-dealkylation sites (tertiary alicyclic amines) is 1. The summed E-state index contributed by atoms with van der Waals surface area (Å²) in [6.07, 6.45) is 8.43. The van der Waals surface area contributed by atoms with Crippen LogP contribution in [0.1, 0.15) is 58.8 Å². The molecule has 0 unspecified atom stereocenters. The normalized spacial score (nSPS) is 22.0. The molecule has 0 atom stereocenters. The number of halogens is 1. The second-order valence-corrected chi connectivity index (χ2v) is 9.17. The first-order valence-corrected chi connectivity index (χ1v) is 12.5. The summed E-state index contributed by atoms with van der Waals surface area (Å²) in [4.78, 5) is 24.4. The van der Waals surface area contributed by atoms with E-state index in [-0.39, 0.29) is 24.0 Å². The molecule has 3 fully saturated rings. The Labute approximate surface area is 206 Å². The molecule has 2 N–H and O–H groups in total. The van der Waals surface area contributed by atoms with Gasteiger partial charge in [-0.3, -0.25) is 14.7 Å². The SMILES string of the molecule is CCCCN1CCC(NC(=NCCN2CCN(C(=O)C3CCC3)CC2)NCC)CC1.I. The van der Waals surface area contributed by atoms with E-state index in [2.05, 4.69) is 39.2 Å². The smallest absolute Gasteiger partial charge is 0.225 e. The lowest BCUT2D eigenvalue weighted by Crippen LogP contribution is -2.51. The van der Waals surface area contributed by atoms with Gasteiger partial charge >= 0.3 is 0 Å². The number of nitrogens with one attached hydrogen (secondary N) is 2. The van der Waals surface area contributed by atoms with Crippen LogP contribution in [-0.4, -0.2) is 98.1 Å². The second kappa shape index (κ2) is 14.5. The van der Waals surface area contributed by atoms with Crippen LogP contribution in [0, 0.1) is 5.92 Å². The largest absolute Gasteiger partial charge is 0.357 e. The van der Waals surface area contributed by atoms with Gasteiger partial charge in [0.1, 0.15) is 0 Å². The maximum atomic E-state index is 12.4. The molecule has 0 radical (unpaired) electrons. The highest BCUT2D eigenvalue weighted by Crippen LogP contribution is 2.28. The van der Waals surface area contributed by atoms with Crippen molar-refractivity contribution in [3.8, 4) is 0 Å². The van der Waals surface area contributed by atoms with Crippen LogP contribution < -0.4 is 10.6 Å². The fourth-order valence-corrected chi connectivity index (χ4v) is 4.60. The third kappa shape index (κ3) is 8.68. The Morgan fingerprint density at radius 1 is 0.935 bits per heavy atom. The van der Waals surface area contributed by atoms with Gasteiger partial charge in [0.25, 0.3) is 0 Å². The zero-order valence-corrected chi connectivity index (χ0v) is 22.1. The van der Waals surface area contributed by atoms with E-state index in [1.165, 1.54) is 51.7 Å². The number of nitrogens with zero attached hydrogens (tertiary/aromatic N) is 4. The molecule has 2 aliphatic heterocycles. The van der Waals surface area contributed by atoms with E-state index in [1.807, 2.05) is 0 Å². The monoisotopic (exact) mass is 548 g/mol. The van der Waals surface area contributed by atoms with Crippen LogP contribution in [-0.2, 0) is 4.79 Å². The van der Waals surface area contributed by atoms with Gasteiger partial charge in [-0.05, 0) is 45.6 Å². The van der Waals surface area contributed by atoms with E-state index in [1.54, 1.807) is 0 Å². The van der Waals surface area contributed by atoms with Crippen molar-refractivity contribution in [3.05, 3.63) is 0 Å². The Hall–Kier alpha value is -0.610. The van der Waals surface area contributed by atoms with Crippen LogP contribution in [0.5, 0.6) is 0 Å². The molecule has 1 saturated carbocycles. The summed E-state index contributed by atoms with van der Waals surface area (Å²) in [5.41, 5.74) is 0. The van der Waals surface area contributed by atoms with Gasteiger partial charge in [0.2, 0.25) is 5.91 Å². The van der Waals surface area contributed by atoms with Crippen molar-refractivity contribution in [2.75, 3.05) is 65.4 Å². The Morgan fingerprint density at radius 2 is 1.61 bits per heavy atom. The lowest BCUT2D eigenvalue weighted by atomic mass is 9.84. The van der Waals surface area contributed by atoms with E-state index in [9.17, 15) is 4.79 Å². The van der Waals surface area contributed by atoms with Crippen LogP contribution in [0.4, 0.5) is 0 Å². The predicted molar refractivity (Wildman–Crippen MR) is 139 cm³/mol. The molecule has 0 spiro atoms. The Bertz CT molecular complexity index is 540. The molecule has 0 aromatic heterocycles. The maximum absolute atomic E-state index is 12.4. The first-order valence-electron chi connectivity index (χ1n) is 12.5. The molecule has 0 aromatic carbocycles. The Balaban J connectivity index is 0.00000341. The van der Waals surface area contributed by atoms with Crippen molar-refractivity contribution >= 4 is 35.8 Å². The van der Waals surface area contributed by atoms with Crippen molar-refractivity contribution in [3.63, 3.8) is 0 Å². The molecule has 1 amide bonds. The van der Waals surface area contributed by atoms with Gasteiger partial charge in [-0.25, -0.2) is 0 Å². The number of unbranched alkanes of at least 4 members (excludes halogenated alkanes) is 1. The average Bonchev–Trinajstić information content (AvgIpc) is 2.72. The van der Waals surface area contributed by atoms with Gasteiger partial charge in [-0.2, -0.15) is 0 Å². The number of guanidine groups is 1. The maximum Gasteiger partial charge on any atom is 0.225 e. The number of rotatable bonds is 9. The van der Waals surface area contributed by atoms with Gasteiger partial charge in [0, 0.05) is 64.3 Å². The predicted octanol–water partition coefficient (Wildman–Crippen LogP) is 2.37. The molecule has 31 heavy (non-hydrogen) atoms. The zero-order valence-electron chi connectivity index (χ0n) is 19.8. The third-order valence-corrected chi connectivity index (χ3v) is 6.93. The van der Waals surface area contributed by atoms with Gasteiger partial charge in [0.05, 0.1) is 6.54 Å². The van der Waals surface area contributed by atoms with E-state index in [0.717, 1.165) is 64.6 Å². The van der Waals surface area contributed by atoms with Crippen molar-refractivity contribution in [2.45, 2.75) is 64.8 Å². The topological polar surface area (TPSA) is 63.2 Å². The van der Waals surface area contributed by atoms with Crippen LogP contribution in [0.15, 0.2) is 4.99 Å². The molecule has 180 valence electrons. The van der Waals surface area contributed by atoms with Gasteiger partial charge in [-0.1, -0.05) is 19.8 Å². The van der Waals surface area contributed by atoms with Gasteiger partial charge in [0.15, 0.2) is 5.96 Å². The molecule has 1 aliphatic carbocycles. The number of piperidine rings is 1. The Kier molecular flexibility index (Phi) is 12.5. The molecular weight excluding hydrogens is 503 g/mol. The number of carbonyl (C=O) groups excluding carboxylic acids is 1. The number of carbonyl (C=O) groups is 1. The molecule has 0 bridgehead atoms. The number of piperazine rings is 1. The van der Waals surface area contributed by atoms with Crippen LogP contribution in [0.2, 0.25) is 0 Å². The molecule has 3 aliphatic rings. The zero-order chi connectivity index (χ0) is 21.2. The summed E-state index contributed by atoms with van der Waals surface area (Å²) in [7, 11) is 0. The third-order valence-electron chi connectivity index (χ3n) is 6.93. The number of amides is 1. The minimum atomic E-state index is 0. The summed E-state index contributed by atoms with van der Waals surface area (Å²) in [6.45, 7) is 14.4. The fraction of sp³-hybridized carbons (Fsp3) is 0.913. The van der Waals surface area contributed by atoms with Crippen molar-refractivity contribution in [2.24, 2.45) is 10.9 Å². The Morgan fingerprint density at radius 3 is 2.19 bits per heavy atom. The van der Waals surface area contributed by atoms with E-state index < -0.39 is 0 Å². The number of aliphatic imine (C=N–C) groups is 1. The average molecular weight is 549 g/mol. The van der Waals surface area contributed by atoms with Crippen LogP contribution >= 0.6 is 24.0 Å². The summed E-state index contributed by atoms with van der Waals surface area (Å²) in [5, 5.41) is 7.07. The first kappa shape index (κ1) is 26.6.